The van der Waals surface area contributed by atoms with Gasteiger partial charge in [-0.15, -0.1) is 6.58 Å². The van der Waals surface area contributed by atoms with Crippen molar-refractivity contribution in [2.75, 3.05) is 19.6 Å². The fourth-order valence-electron chi connectivity index (χ4n) is 5.41. The van der Waals surface area contributed by atoms with E-state index >= 15 is 0 Å². The lowest BCUT2D eigenvalue weighted by molar-refractivity contribution is -0.131. The minimum absolute atomic E-state index is 0.0220. The minimum Gasteiger partial charge on any atom is -0.369 e. The number of amides is 2. The van der Waals surface area contributed by atoms with Crippen LogP contribution in [-0.2, 0) is 9.53 Å². The maximum absolute atomic E-state index is 12.7. The number of carbonyl (C=O) groups excluding carboxylic acids is 2. The van der Waals surface area contributed by atoms with E-state index in [-0.39, 0.29) is 29.4 Å². The molecule has 1 spiro atoms. The zero-order chi connectivity index (χ0) is 19.9. The summed E-state index contributed by atoms with van der Waals surface area (Å²) in [5.74, 6) is 0.763. The number of nitrogens with zero attached hydrogens (tertiary/aromatic N) is 1. The number of allylic oxidation sites excluding steroid dienone is 1. The smallest absolute Gasteiger partial charge is 0.251 e. The van der Waals surface area contributed by atoms with Crippen LogP contribution < -0.4 is 5.32 Å². The fraction of sp³-hybridized carbons (Fsp3) is 0.565. The highest BCUT2D eigenvalue weighted by Crippen LogP contribution is 2.54. The van der Waals surface area contributed by atoms with Crippen LogP contribution in [0.4, 0.5) is 0 Å². The molecule has 3 aliphatic heterocycles. The van der Waals surface area contributed by atoms with Crippen molar-refractivity contribution >= 4 is 11.8 Å². The molecular formula is C23H30N2O3. The molecule has 3 saturated heterocycles. The van der Waals surface area contributed by atoms with Crippen molar-refractivity contribution in [1.29, 1.82) is 0 Å². The number of fused-ring (bicyclic) bond motifs is 1. The van der Waals surface area contributed by atoms with Gasteiger partial charge < -0.3 is 15.0 Å². The van der Waals surface area contributed by atoms with Crippen molar-refractivity contribution in [2.45, 2.75) is 51.2 Å². The zero-order valence-electron chi connectivity index (χ0n) is 16.9. The molecule has 5 nitrogen and oxygen atoms in total. The number of ether oxygens (including phenoxy) is 1. The molecule has 0 saturated carbocycles. The number of carbonyl (C=O) groups is 2. The number of likely N-dealkylation sites (tertiary alicyclic amines) is 1. The molecule has 1 aromatic carbocycles. The Bertz CT molecular complexity index is 805. The monoisotopic (exact) mass is 382 g/mol. The molecule has 3 aliphatic rings. The number of hydrogen-bond donors (Lipinski definition) is 1. The van der Waals surface area contributed by atoms with Crippen molar-refractivity contribution in [2.24, 2.45) is 11.8 Å². The van der Waals surface area contributed by atoms with Gasteiger partial charge in [-0.3, -0.25) is 9.59 Å². The highest BCUT2D eigenvalue weighted by atomic mass is 16.5. The average Bonchev–Trinajstić information content (AvgIpc) is 3.32. The molecule has 0 aromatic heterocycles. The molecule has 2 bridgehead atoms. The van der Waals surface area contributed by atoms with Gasteiger partial charge in [0, 0.05) is 36.9 Å². The third-order valence-corrected chi connectivity index (χ3v) is 6.82. The van der Waals surface area contributed by atoms with Gasteiger partial charge in [-0.05, 0) is 44.7 Å². The number of hydrogen-bond acceptors (Lipinski definition) is 3. The van der Waals surface area contributed by atoms with Crippen molar-refractivity contribution in [3.8, 4) is 0 Å². The molecule has 1 N–H and O–H groups in total. The number of nitrogens with one attached hydrogen (secondary N) is 1. The molecule has 0 unspecified atom stereocenters. The molecule has 150 valence electrons. The van der Waals surface area contributed by atoms with Crippen LogP contribution in [0.3, 0.4) is 0 Å². The maximum atomic E-state index is 12.7. The van der Waals surface area contributed by atoms with Crippen LogP contribution in [0.5, 0.6) is 0 Å². The summed E-state index contributed by atoms with van der Waals surface area (Å²) in [5.41, 5.74) is 2.70. The Kier molecular flexibility index (Phi) is 5.04. The standard InChI is InChI=1S/C23H30N2O3/c1-4-5-6-21(26)25-13-19-18(20-9-10-23(19,14-25)28-20)12-24-22(27)17-8-7-15(2)11-16(17)3/h4,7-8,11,18-20H,1,5-6,9-10,12-14H2,2-3H3,(H,24,27)/t18-,19+,20+,23+/m0/s1. The van der Waals surface area contributed by atoms with Gasteiger partial charge in [-0.2, -0.15) is 0 Å². The molecule has 28 heavy (non-hydrogen) atoms. The Balaban J connectivity index is 1.41. The Morgan fingerprint density at radius 2 is 2.21 bits per heavy atom. The summed E-state index contributed by atoms with van der Waals surface area (Å²) >= 11 is 0. The lowest BCUT2D eigenvalue weighted by Crippen LogP contribution is -2.42. The SMILES string of the molecule is C=CCCC(=O)N1C[C@@H]2[C@H](CNC(=O)c3ccc(C)cc3C)[C@H]3CC[C@]2(C1)O3. The first kappa shape index (κ1) is 19.2. The van der Waals surface area contributed by atoms with E-state index in [0.717, 1.165) is 36.1 Å². The van der Waals surface area contributed by atoms with Crippen molar-refractivity contribution in [1.82, 2.24) is 10.2 Å². The van der Waals surface area contributed by atoms with Gasteiger partial charge in [0.1, 0.15) is 0 Å². The van der Waals surface area contributed by atoms with Gasteiger partial charge in [-0.1, -0.05) is 23.8 Å². The van der Waals surface area contributed by atoms with Crippen LogP contribution >= 0.6 is 0 Å². The minimum atomic E-state index is -0.191. The molecule has 4 atom stereocenters. The summed E-state index contributed by atoms with van der Waals surface area (Å²) < 4.78 is 6.39. The summed E-state index contributed by atoms with van der Waals surface area (Å²) in [5, 5.41) is 3.14. The molecule has 3 heterocycles. The van der Waals surface area contributed by atoms with Crippen molar-refractivity contribution < 1.29 is 14.3 Å². The van der Waals surface area contributed by atoms with Gasteiger partial charge in [0.15, 0.2) is 0 Å². The largest absolute Gasteiger partial charge is 0.369 e. The highest BCUT2D eigenvalue weighted by molar-refractivity contribution is 5.95. The topological polar surface area (TPSA) is 58.6 Å². The van der Waals surface area contributed by atoms with Gasteiger partial charge in [0.05, 0.1) is 18.2 Å². The molecule has 0 radical (unpaired) electrons. The first-order valence-corrected chi connectivity index (χ1v) is 10.4. The Morgan fingerprint density at radius 1 is 1.39 bits per heavy atom. The molecule has 1 aromatic rings. The highest BCUT2D eigenvalue weighted by Gasteiger charge is 2.63. The summed E-state index contributed by atoms with van der Waals surface area (Å²) in [6, 6.07) is 5.91. The average molecular weight is 383 g/mol. The van der Waals surface area contributed by atoms with Gasteiger partial charge >= 0.3 is 0 Å². The van der Waals surface area contributed by atoms with Gasteiger partial charge in [0.25, 0.3) is 5.91 Å². The van der Waals surface area contributed by atoms with E-state index in [1.807, 2.05) is 36.9 Å². The van der Waals surface area contributed by atoms with Crippen LogP contribution in [0.15, 0.2) is 30.9 Å². The van der Waals surface area contributed by atoms with E-state index in [0.29, 0.717) is 31.8 Å². The molecule has 2 amide bonds. The van der Waals surface area contributed by atoms with Crippen molar-refractivity contribution in [3.63, 3.8) is 0 Å². The zero-order valence-corrected chi connectivity index (χ0v) is 16.9. The third-order valence-electron chi connectivity index (χ3n) is 6.82. The van der Waals surface area contributed by atoms with Crippen LogP contribution in [-0.4, -0.2) is 48.1 Å². The number of rotatable bonds is 6. The van der Waals surface area contributed by atoms with E-state index in [1.54, 1.807) is 6.08 Å². The quantitative estimate of drug-likeness (QED) is 0.770. The van der Waals surface area contributed by atoms with Crippen LogP contribution in [0.1, 0.15) is 47.2 Å². The predicted molar refractivity (Wildman–Crippen MR) is 108 cm³/mol. The predicted octanol–water partition coefficient (Wildman–Crippen LogP) is 3.01. The number of aryl methyl sites for hydroxylation is 2. The summed E-state index contributed by atoms with van der Waals surface area (Å²) in [4.78, 5) is 27.1. The van der Waals surface area contributed by atoms with E-state index in [1.165, 1.54) is 0 Å². The van der Waals surface area contributed by atoms with Gasteiger partial charge in [-0.25, -0.2) is 0 Å². The molecule has 3 fully saturated rings. The number of benzene rings is 1. The van der Waals surface area contributed by atoms with Crippen LogP contribution in [0, 0.1) is 25.7 Å². The normalized spacial score (nSPS) is 30.4. The second kappa shape index (κ2) is 7.36. The fourth-order valence-corrected chi connectivity index (χ4v) is 5.41. The molecule has 0 aliphatic carbocycles. The van der Waals surface area contributed by atoms with Crippen molar-refractivity contribution in [3.05, 3.63) is 47.5 Å². The Labute approximate surface area is 167 Å². The second-order valence-corrected chi connectivity index (χ2v) is 8.66. The molecule has 5 heteroatoms. The van der Waals surface area contributed by atoms with E-state index in [9.17, 15) is 9.59 Å². The maximum Gasteiger partial charge on any atom is 0.251 e. The third kappa shape index (κ3) is 3.26. The van der Waals surface area contributed by atoms with Gasteiger partial charge in [0.2, 0.25) is 5.91 Å². The Morgan fingerprint density at radius 3 is 2.96 bits per heavy atom. The summed E-state index contributed by atoms with van der Waals surface area (Å²) in [6.07, 6.45) is 5.27. The van der Waals surface area contributed by atoms with Crippen LogP contribution in [0.25, 0.3) is 0 Å². The summed E-state index contributed by atoms with van der Waals surface area (Å²) in [6.45, 7) is 9.77. The first-order valence-electron chi connectivity index (χ1n) is 10.4. The Hall–Kier alpha value is -2.14. The van der Waals surface area contributed by atoms with E-state index in [2.05, 4.69) is 11.9 Å². The lowest BCUT2D eigenvalue weighted by atomic mass is 9.73. The van der Waals surface area contributed by atoms with Crippen LogP contribution in [0.2, 0.25) is 0 Å². The second-order valence-electron chi connectivity index (χ2n) is 8.66. The summed E-state index contributed by atoms with van der Waals surface area (Å²) in [7, 11) is 0. The molecular weight excluding hydrogens is 352 g/mol. The molecule has 4 rings (SSSR count). The lowest BCUT2D eigenvalue weighted by Gasteiger charge is -2.29. The van der Waals surface area contributed by atoms with E-state index < -0.39 is 0 Å². The van der Waals surface area contributed by atoms with E-state index in [4.69, 9.17) is 4.74 Å². The first-order chi connectivity index (χ1) is 13.4.